The first-order valence-corrected chi connectivity index (χ1v) is 26.9. The number of hydrogen-bond donors (Lipinski definition) is 6. The van der Waals surface area contributed by atoms with Crippen molar-refractivity contribution in [3.63, 3.8) is 0 Å². The van der Waals surface area contributed by atoms with Crippen LogP contribution >= 0.6 is 0 Å². The maximum atomic E-state index is 14.3. The Morgan fingerprint density at radius 3 is 1.95 bits per heavy atom. The molecule has 20 nitrogen and oxygen atoms in total. The third kappa shape index (κ3) is 17.5. The van der Waals surface area contributed by atoms with Crippen LogP contribution in [0, 0.1) is 17.3 Å². The monoisotopic (exact) mass is 1090 g/mol. The third-order valence-corrected chi connectivity index (χ3v) is 15.4. The van der Waals surface area contributed by atoms with E-state index in [4.69, 9.17) is 61.9 Å². The van der Waals surface area contributed by atoms with E-state index in [0.717, 1.165) is 11.6 Å². The second-order valence-corrected chi connectivity index (χ2v) is 21.3. The van der Waals surface area contributed by atoms with Crippen LogP contribution in [0.4, 0.5) is 0 Å². The van der Waals surface area contributed by atoms with Gasteiger partial charge in [0.2, 0.25) is 5.91 Å². The van der Waals surface area contributed by atoms with Gasteiger partial charge in [-0.15, -0.1) is 0 Å². The summed E-state index contributed by atoms with van der Waals surface area (Å²) in [6, 6.07) is 0. The predicted octanol–water partition coefficient (Wildman–Crippen LogP) is 4.74. The Kier molecular flexibility index (Phi) is 25.3. The topological polar surface area (TPSA) is 258 Å². The van der Waals surface area contributed by atoms with Gasteiger partial charge < -0.3 is 87.7 Å². The number of hydrogen-bond acceptors (Lipinski definition) is 18. The summed E-state index contributed by atoms with van der Waals surface area (Å²) in [7, 11) is 6.32. The van der Waals surface area contributed by atoms with E-state index in [2.05, 4.69) is 5.32 Å². The lowest BCUT2D eigenvalue weighted by Crippen LogP contribution is -2.62. The van der Waals surface area contributed by atoms with E-state index in [9.17, 15) is 30.0 Å². The molecule has 5 fully saturated rings. The van der Waals surface area contributed by atoms with Crippen LogP contribution in [0.1, 0.15) is 87.5 Å². The zero-order chi connectivity index (χ0) is 56.6. The average molecular weight is 1090 g/mol. The molecule has 0 aliphatic carbocycles. The zero-order valence-corrected chi connectivity index (χ0v) is 47.0. The highest BCUT2D eigenvalue weighted by atomic mass is 16.7. The molecule has 0 bridgehead atoms. The first-order chi connectivity index (χ1) is 36.6. The molecule has 0 spiro atoms. The highest BCUT2D eigenvalue weighted by Gasteiger charge is 2.55. The summed E-state index contributed by atoms with van der Waals surface area (Å²) in [6.07, 6.45) is 11.8. The summed E-state index contributed by atoms with van der Waals surface area (Å²) < 4.78 is 73.9. The van der Waals surface area contributed by atoms with Crippen LogP contribution in [0.2, 0.25) is 0 Å². The van der Waals surface area contributed by atoms with Crippen molar-refractivity contribution in [2.24, 2.45) is 17.3 Å². The summed E-state index contributed by atoms with van der Waals surface area (Å²) in [5, 5.41) is 56.8. The molecule has 21 atom stereocenters. The van der Waals surface area contributed by atoms with Crippen molar-refractivity contribution in [1.82, 2.24) is 5.32 Å². The molecule has 5 heterocycles. The third-order valence-electron chi connectivity index (χ3n) is 15.4. The van der Waals surface area contributed by atoms with E-state index in [1.165, 1.54) is 6.08 Å². The van der Waals surface area contributed by atoms with E-state index in [1.54, 1.807) is 84.0 Å². The Balaban J connectivity index is 1.23. The Morgan fingerprint density at radius 2 is 1.34 bits per heavy atom. The number of allylic oxidation sites excluding steroid dienone is 9. The Bertz CT molecular complexity index is 2060. The van der Waals surface area contributed by atoms with E-state index < -0.39 is 127 Å². The SMILES string of the molecule is C/C=C\C=C\[C@@H]1O[C@](O)([C@@H](CO[C@@H]2C[C@@H](OC)[C@@H](O[C@H]3C[C@H](OC)[C@H](O[C@H]4C[C@@H](OC)[C@@H](O)[C@@H](C)O4)[C@@H](C)O3)[C@@H](C)O2)C(=O)NC/C=C/C=C(\C)C(OC)C(C)C2CC(O)C(/C=C/C=C/C=C/C(=O)O)O2)C[C@H](O)C1(C)C. The molecule has 77 heavy (non-hydrogen) atoms. The summed E-state index contributed by atoms with van der Waals surface area (Å²) in [5.74, 6) is -5.26. The van der Waals surface area contributed by atoms with Crippen LogP contribution in [0.25, 0.3) is 0 Å². The van der Waals surface area contributed by atoms with Crippen molar-refractivity contribution in [2.45, 2.75) is 204 Å². The van der Waals surface area contributed by atoms with Crippen molar-refractivity contribution >= 4 is 11.9 Å². The van der Waals surface area contributed by atoms with Crippen LogP contribution in [0.15, 0.2) is 84.6 Å². The predicted molar refractivity (Wildman–Crippen MR) is 283 cm³/mol. The summed E-state index contributed by atoms with van der Waals surface area (Å²) in [6.45, 7) is 14.7. The molecule has 0 aromatic carbocycles. The molecule has 0 saturated carbocycles. The molecule has 5 unspecified atom stereocenters. The van der Waals surface area contributed by atoms with Crippen molar-refractivity contribution in [1.29, 1.82) is 0 Å². The molecule has 0 radical (unpaired) electrons. The van der Waals surface area contributed by atoms with Crippen molar-refractivity contribution in [3.8, 4) is 0 Å². The smallest absolute Gasteiger partial charge is 0.328 e. The van der Waals surface area contributed by atoms with Gasteiger partial charge in [-0.05, 0) is 40.2 Å². The van der Waals surface area contributed by atoms with Gasteiger partial charge in [-0.1, -0.05) is 93.7 Å². The molecule has 5 rings (SSSR count). The minimum Gasteiger partial charge on any atom is -0.478 e. The van der Waals surface area contributed by atoms with Crippen LogP contribution in [0.3, 0.4) is 0 Å². The highest BCUT2D eigenvalue weighted by molar-refractivity contribution is 5.80. The van der Waals surface area contributed by atoms with Gasteiger partial charge in [-0.3, -0.25) is 4.79 Å². The lowest BCUT2D eigenvalue weighted by Gasteiger charge is -2.50. The van der Waals surface area contributed by atoms with E-state index in [1.807, 2.05) is 66.7 Å². The van der Waals surface area contributed by atoms with Gasteiger partial charge >= 0.3 is 5.97 Å². The number of aliphatic hydroxyl groups is 4. The van der Waals surface area contributed by atoms with Gasteiger partial charge in [0.1, 0.15) is 30.3 Å². The molecule has 0 aromatic rings. The number of carbonyl (C=O) groups is 2. The number of nitrogens with one attached hydrogen (secondary N) is 1. The molecule has 5 saturated heterocycles. The second-order valence-electron chi connectivity index (χ2n) is 21.3. The number of rotatable bonds is 25. The fourth-order valence-electron chi connectivity index (χ4n) is 10.6. The molecule has 20 heteroatoms. The number of carboxylic acid groups (broad SMARTS) is 1. The maximum Gasteiger partial charge on any atom is 0.328 e. The highest BCUT2D eigenvalue weighted by Crippen LogP contribution is 2.44. The number of aliphatic hydroxyl groups excluding tert-OH is 3. The van der Waals surface area contributed by atoms with Gasteiger partial charge in [0.25, 0.3) is 0 Å². The minimum atomic E-state index is -2.16. The molecule has 5 aliphatic heterocycles. The van der Waals surface area contributed by atoms with Crippen molar-refractivity contribution in [3.05, 3.63) is 84.6 Å². The molecule has 436 valence electrons. The zero-order valence-electron chi connectivity index (χ0n) is 47.0. The van der Waals surface area contributed by atoms with Crippen molar-refractivity contribution < 1.29 is 92.0 Å². The van der Waals surface area contributed by atoms with E-state index >= 15 is 0 Å². The van der Waals surface area contributed by atoms with Crippen LogP contribution in [-0.2, 0) is 66.4 Å². The number of ether oxygens (including phenoxy) is 12. The van der Waals surface area contributed by atoms with Crippen LogP contribution in [-0.4, -0.2) is 195 Å². The van der Waals surface area contributed by atoms with Crippen LogP contribution < -0.4 is 5.32 Å². The fraction of sp³-hybridized carbons (Fsp3) is 0.719. The normalized spacial score (nSPS) is 38.6. The lowest BCUT2D eigenvalue weighted by atomic mass is 9.73. The molecule has 5 aliphatic rings. The van der Waals surface area contributed by atoms with Gasteiger partial charge in [-0.2, -0.15) is 0 Å². The van der Waals surface area contributed by atoms with E-state index in [-0.39, 0.29) is 44.1 Å². The fourth-order valence-corrected chi connectivity index (χ4v) is 10.6. The van der Waals surface area contributed by atoms with Gasteiger partial charge in [0, 0.05) is 84.5 Å². The molecular weight excluding hydrogens is 1000 g/mol. The second kappa shape index (κ2) is 30.3. The lowest BCUT2D eigenvalue weighted by molar-refractivity contribution is -0.341. The average Bonchev–Trinajstić information content (AvgIpc) is 3.78. The Morgan fingerprint density at radius 1 is 0.753 bits per heavy atom. The minimum absolute atomic E-state index is 0.0694. The van der Waals surface area contributed by atoms with Crippen molar-refractivity contribution in [2.75, 3.05) is 41.6 Å². The quantitative estimate of drug-likeness (QED) is 0.0533. The number of carboxylic acids is 1. The Hall–Kier alpha value is -3.52. The molecule has 0 aromatic heterocycles. The summed E-state index contributed by atoms with van der Waals surface area (Å²) in [4.78, 5) is 25.0. The van der Waals surface area contributed by atoms with Gasteiger partial charge in [0.05, 0.1) is 73.8 Å². The first kappa shape index (κ1) is 64.3. The largest absolute Gasteiger partial charge is 0.478 e. The Labute approximate surface area is 455 Å². The van der Waals surface area contributed by atoms with E-state index in [0.29, 0.717) is 19.3 Å². The number of methoxy groups -OCH3 is 4. The number of aliphatic carboxylic acids is 1. The van der Waals surface area contributed by atoms with Gasteiger partial charge in [0.15, 0.2) is 24.7 Å². The summed E-state index contributed by atoms with van der Waals surface area (Å²) in [5.41, 5.74) is 0.0597. The first-order valence-electron chi connectivity index (χ1n) is 26.9. The molecular formula is C57H89NO19. The standard InChI is InChI=1S/C57H89NO19/c1-13-14-17-24-46-56(7,8)45(60)31-57(65,77-46)38(55(64)58-26-21-20-22-33(2)52(69-12)34(3)41-27-39(59)40(74-41)23-18-15-16-19-25-47(61)62)32-70-48-29-43(67-10)53(36(5)72-48)76-50-30-44(68-11)54(37(6)73-50)75-49-28-42(66-9)51(63)35(4)71-49/h13-25,34-46,48-54,59-60,63,65H,26-32H2,1-12H3,(H,58,64)(H,61,62)/b14-13-,16-15+,21-20+,23-18+,24-17+,25-19+,33-22+/t34?,35-,36-,37-,38+,39?,40?,41?,42-,43-,44+,45+,46+,48+,49+,50+,51+,52?,53+,54-,57+/m1/s1. The number of amides is 1. The molecule has 1 amide bonds. The maximum absolute atomic E-state index is 14.3. The van der Waals surface area contributed by atoms with Gasteiger partial charge in [-0.25, -0.2) is 4.79 Å². The van der Waals surface area contributed by atoms with Crippen LogP contribution in [0.5, 0.6) is 0 Å². The number of carbonyl (C=O) groups excluding carboxylic acids is 1. The summed E-state index contributed by atoms with van der Waals surface area (Å²) >= 11 is 0. The molecule has 6 N–H and O–H groups in total.